The Bertz CT molecular complexity index is 1560. The van der Waals surface area contributed by atoms with Crippen molar-refractivity contribution in [2.75, 3.05) is 43.4 Å². The van der Waals surface area contributed by atoms with Gasteiger partial charge in [-0.25, -0.2) is 15.0 Å². The van der Waals surface area contributed by atoms with Gasteiger partial charge >= 0.3 is 0 Å². The summed E-state index contributed by atoms with van der Waals surface area (Å²) in [6, 6.07) is 7.64. The van der Waals surface area contributed by atoms with Crippen molar-refractivity contribution in [3.8, 4) is 22.8 Å². The van der Waals surface area contributed by atoms with Gasteiger partial charge in [-0.2, -0.15) is 5.10 Å². The molecule has 11 nitrogen and oxygen atoms in total. The van der Waals surface area contributed by atoms with Gasteiger partial charge in [0, 0.05) is 50.6 Å². The minimum absolute atomic E-state index is 0.0650. The maximum absolute atomic E-state index is 11.8. The van der Waals surface area contributed by atoms with Crippen molar-refractivity contribution in [2.24, 2.45) is 0 Å². The molecule has 1 amide bonds. The van der Waals surface area contributed by atoms with Gasteiger partial charge in [0.1, 0.15) is 11.0 Å². The van der Waals surface area contributed by atoms with E-state index >= 15 is 0 Å². The van der Waals surface area contributed by atoms with Gasteiger partial charge in [0.05, 0.1) is 28.6 Å². The first kappa shape index (κ1) is 22.1. The minimum Gasteiger partial charge on any atom is -0.352 e. The molecule has 5 aromatic rings. The molecule has 3 N–H and O–H groups in total. The number of pyridine rings is 3. The van der Waals surface area contributed by atoms with Crippen molar-refractivity contribution >= 4 is 39.5 Å². The zero-order valence-electron chi connectivity index (χ0n) is 20.1. The first-order valence-electron chi connectivity index (χ1n) is 12.0. The topological polar surface area (TPSA) is 132 Å². The van der Waals surface area contributed by atoms with E-state index in [1.165, 1.54) is 0 Å². The van der Waals surface area contributed by atoms with Crippen LogP contribution in [0.2, 0.25) is 0 Å². The van der Waals surface area contributed by atoms with Crippen molar-refractivity contribution < 1.29 is 4.79 Å². The van der Waals surface area contributed by atoms with E-state index in [2.05, 4.69) is 47.3 Å². The van der Waals surface area contributed by atoms with E-state index in [9.17, 15) is 4.79 Å². The number of likely N-dealkylation sites (N-methyl/N-ethyl adjacent to an activating group) is 1. The summed E-state index contributed by atoms with van der Waals surface area (Å²) in [6.07, 6.45) is 5.56. The number of carbonyl (C=O) groups excluding carboxylic acids is 1. The molecule has 1 aliphatic rings. The highest BCUT2D eigenvalue weighted by Crippen LogP contribution is 2.30. The Morgan fingerprint density at radius 1 is 1.06 bits per heavy atom. The Hall–Kier alpha value is -4.38. The zero-order chi connectivity index (χ0) is 24.6. The van der Waals surface area contributed by atoms with Gasteiger partial charge in [-0.1, -0.05) is 6.92 Å². The standard InChI is InChI=1S/C25H26N10O/c1-3-20(36)28-16-12-15(13-26-14-16)17-4-5-19-21(29-17)23(33-32-19)24-30-18-6-7-27-25(22(18)31-24)35-10-8-34(2)9-11-35/h4-7,12-14H,3,8-11H2,1-2H3,(H,28,36)(H,30,31)(H,32,33). The molecule has 0 bridgehead atoms. The highest BCUT2D eigenvalue weighted by atomic mass is 16.1. The number of fused-ring (bicyclic) bond motifs is 2. The lowest BCUT2D eigenvalue weighted by Gasteiger charge is -2.33. The molecule has 6 heterocycles. The van der Waals surface area contributed by atoms with Crippen LogP contribution in [0.15, 0.2) is 42.9 Å². The molecule has 0 saturated carbocycles. The average molecular weight is 483 g/mol. The Kier molecular flexibility index (Phi) is 5.53. The van der Waals surface area contributed by atoms with Gasteiger partial charge in [0.2, 0.25) is 5.91 Å². The predicted molar refractivity (Wildman–Crippen MR) is 139 cm³/mol. The fourth-order valence-electron chi connectivity index (χ4n) is 4.41. The lowest BCUT2D eigenvalue weighted by molar-refractivity contribution is -0.115. The number of hydrogen-bond donors (Lipinski definition) is 3. The van der Waals surface area contributed by atoms with Crippen molar-refractivity contribution in [2.45, 2.75) is 13.3 Å². The van der Waals surface area contributed by atoms with Crippen LogP contribution >= 0.6 is 0 Å². The lowest BCUT2D eigenvalue weighted by Crippen LogP contribution is -2.44. The van der Waals surface area contributed by atoms with Crippen LogP contribution < -0.4 is 10.2 Å². The summed E-state index contributed by atoms with van der Waals surface area (Å²) < 4.78 is 0. The fraction of sp³-hybridized carbons (Fsp3) is 0.280. The molecule has 1 aliphatic heterocycles. The number of nitrogens with zero attached hydrogens (tertiary/aromatic N) is 7. The number of hydrogen-bond acceptors (Lipinski definition) is 8. The molecule has 6 rings (SSSR count). The molecule has 11 heteroatoms. The third-order valence-corrected chi connectivity index (χ3v) is 6.46. The first-order valence-corrected chi connectivity index (χ1v) is 12.0. The van der Waals surface area contributed by atoms with E-state index in [0.29, 0.717) is 29.1 Å². The summed E-state index contributed by atoms with van der Waals surface area (Å²) in [5, 5.41) is 10.4. The number of nitrogens with one attached hydrogen (secondary N) is 3. The summed E-state index contributed by atoms with van der Waals surface area (Å²) in [4.78, 5) is 38.5. The lowest BCUT2D eigenvalue weighted by atomic mass is 10.1. The number of anilines is 2. The molecule has 0 aliphatic carbocycles. The van der Waals surface area contributed by atoms with E-state index in [1.54, 1.807) is 12.4 Å². The Labute approximate surface area is 207 Å². The molecule has 0 radical (unpaired) electrons. The number of aromatic amines is 2. The van der Waals surface area contributed by atoms with Crippen LogP contribution in [0.3, 0.4) is 0 Å². The number of piperazine rings is 1. The van der Waals surface area contributed by atoms with E-state index < -0.39 is 0 Å². The fourth-order valence-corrected chi connectivity index (χ4v) is 4.41. The number of aromatic nitrogens is 7. The maximum atomic E-state index is 11.8. The molecule has 5 aromatic heterocycles. The second-order valence-corrected chi connectivity index (χ2v) is 8.94. The summed E-state index contributed by atoms with van der Waals surface area (Å²) in [5.41, 5.74) is 6.02. The third-order valence-electron chi connectivity index (χ3n) is 6.46. The third kappa shape index (κ3) is 4.03. The average Bonchev–Trinajstić information content (AvgIpc) is 3.53. The predicted octanol–water partition coefficient (Wildman–Crippen LogP) is 3.06. The number of imidazole rings is 1. The molecular weight excluding hydrogens is 456 g/mol. The quantitative estimate of drug-likeness (QED) is 0.348. The summed E-state index contributed by atoms with van der Waals surface area (Å²) in [6.45, 7) is 5.61. The van der Waals surface area contributed by atoms with Crippen molar-refractivity contribution in [3.63, 3.8) is 0 Å². The highest BCUT2D eigenvalue weighted by Gasteiger charge is 2.21. The normalized spacial score (nSPS) is 14.6. The van der Waals surface area contributed by atoms with Crippen LogP contribution in [0.25, 0.3) is 44.8 Å². The van der Waals surface area contributed by atoms with E-state index in [-0.39, 0.29) is 5.91 Å². The molecule has 0 spiro atoms. The number of rotatable bonds is 5. The highest BCUT2D eigenvalue weighted by molar-refractivity contribution is 5.94. The van der Waals surface area contributed by atoms with Gasteiger partial charge in [0.25, 0.3) is 0 Å². The van der Waals surface area contributed by atoms with E-state index in [1.807, 2.05) is 37.4 Å². The Morgan fingerprint density at radius 3 is 2.75 bits per heavy atom. The van der Waals surface area contributed by atoms with Crippen LogP contribution in [-0.2, 0) is 4.79 Å². The van der Waals surface area contributed by atoms with E-state index in [4.69, 9.17) is 9.97 Å². The van der Waals surface area contributed by atoms with E-state index in [0.717, 1.165) is 59.8 Å². The summed E-state index contributed by atoms with van der Waals surface area (Å²) >= 11 is 0. The SMILES string of the molecule is CCC(=O)Nc1cncc(-c2ccc3[nH]nc(-c4nc5c(N6CCN(C)CC6)nccc5[nH]4)c3n2)c1. The van der Waals surface area contributed by atoms with Gasteiger partial charge < -0.3 is 20.1 Å². The Balaban J connectivity index is 1.38. The minimum atomic E-state index is -0.0650. The molecule has 1 saturated heterocycles. The summed E-state index contributed by atoms with van der Waals surface area (Å²) in [5.74, 6) is 1.45. The first-order chi connectivity index (χ1) is 17.6. The maximum Gasteiger partial charge on any atom is 0.224 e. The summed E-state index contributed by atoms with van der Waals surface area (Å²) in [7, 11) is 2.13. The van der Waals surface area contributed by atoms with Crippen molar-refractivity contribution in [1.29, 1.82) is 0 Å². The molecule has 0 atom stereocenters. The van der Waals surface area contributed by atoms with Crippen molar-refractivity contribution in [1.82, 2.24) is 40.0 Å². The Morgan fingerprint density at radius 2 is 1.92 bits per heavy atom. The van der Waals surface area contributed by atoms with Crippen LogP contribution in [0.5, 0.6) is 0 Å². The number of carbonyl (C=O) groups is 1. The molecule has 182 valence electrons. The monoisotopic (exact) mass is 482 g/mol. The molecule has 0 unspecified atom stereocenters. The van der Waals surface area contributed by atoms with Crippen LogP contribution in [0.1, 0.15) is 13.3 Å². The zero-order valence-corrected chi connectivity index (χ0v) is 20.1. The second kappa shape index (κ2) is 9.00. The van der Waals surface area contributed by atoms with Crippen LogP contribution in [-0.4, -0.2) is 79.2 Å². The van der Waals surface area contributed by atoms with Gasteiger partial charge in [-0.05, 0) is 31.3 Å². The van der Waals surface area contributed by atoms with Gasteiger partial charge in [-0.15, -0.1) is 0 Å². The van der Waals surface area contributed by atoms with Crippen LogP contribution in [0, 0.1) is 0 Å². The van der Waals surface area contributed by atoms with Crippen molar-refractivity contribution in [3.05, 3.63) is 42.9 Å². The molecular formula is C25H26N10O. The number of H-pyrrole nitrogens is 2. The van der Waals surface area contributed by atoms with Gasteiger partial charge in [-0.3, -0.25) is 14.9 Å². The molecule has 0 aromatic carbocycles. The molecule has 1 fully saturated rings. The van der Waals surface area contributed by atoms with Crippen LogP contribution in [0.4, 0.5) is 11.5 Å². The molecule has 36 heavy (non-hydrogen) atoms. The second-order valence-electron chi connectivity index (χ2n) is 8.94. The number of amides is 1. The largest absolute Gasteiger partial charge is 0.352 e. The van der Waals surface area contributed by atoms with Gasteiger partial charge in [0.15, 0.2) is 17.3 Å². The smallest absolute Gasteiger partial charge is 0.224 e.